The minimum Gasteiger partial charge on any atom is -0.356 e. The van der Waals surface area contributed by atoms with Crippen molar-refractivity contribution in [3.63, 3.8) is 0 Å². The highest BCUT2D eigenvalue weighted by Crippen LogP contribution is 2.15. The molecule has 0 saturated heterocycles. The zero-order chi connectivity index (χ0) is 16.3. The van der Waals surface area contributed by atoms with Gasteiger partial charge in [0, 0.05) is 31.1 Å². The maximum atomic E-state index is 9.09. The number of thiazole rings is 1. The standard InChI is InChI=1S/C18H24N4S/c1-2-3-4-5-6-10-22(11-8-17-14-23-15-21-17)18-12-16(13-19)7-9-20-18/h7,9,12,14-15H,2-6,8,10-11H2,1H3. The second-order valence-electron chi connectivity index (χ2n) is 5.65. The van der Waals surface area contributed by atoms with Crippen molar-refractivity contribution in [1.82, 2.24) is 9.97 Å². The van der Waals surface area contributed by atoms with E-state index >= 15 is 0 Å². The number of anilines is 1. The van der Waals surface area contributed by atoms with Crippen LogP contribution < -0.4 is 4.90 Å². The largest absolute Gasteiger partial charge is 0.356 e. The summed E-state index contributed by atoms with van der Waals surface area (Å²) in [6, 6.07) is 5.83. The van der Waals surface area contributed by atoms with Crippen molar-refractivity contribution in [1.29, 1.82) is 5.26 Å². The monoisotopic (exact) mass is 328 g/mol. The SMILES string of the molecule is CCCCCCCN(CCc1cscn1)c1cc(C#N)ccn1. The zero-order valence-corrected chi connectivity index (χ0v) is 14.6. The van der Waals surface area contributed by atoms with E-state index in [9.17, 15) is 0 Å². The van der Waals surface area contributed by atoms with Crippen LogP contribution in [0.2, 0.25) is 0 Å². The Morgan fingerprint density at radius 2 is 2.04 bits per heavy atom. The van der Waals surface area contributed by atoms with E-state index in [1.807, 2.05) is 11.6 Å². The zero-order valence-electron chi connectivity index (χ0n) is 13.7. The maximum Gasteiger partial charge on any atom is 0.129 e. The van der Waals surface area contributed by atoms with Crippen molar-refractivity contribution in [2.75, 3.05) is 18.0 Å². The molecule has 23 heavy (non-hydrogen) atoms. The third-order valence-corrected chi connectivity index (χ3v) is 4.49. The lowest BCUT2D eigenvalue weighted by Crippen LogP contribution is -2.28. The number of aromatic nitrogens is 2. The Morgan fingerprint density at radius 3 is 2.78 bits per heavy atom. The van der Waals surface area contributed by atoms with Crippen LogP contribution in [0.3, 0.4) is 0 Å². The lowest BCUT2D eigenvalue weighted by atomic mass is 10.1. The molecule has 2 rings (SSSR count). The van der Waals surface area contributed by atoms with Crippen molar-refractivity contribution in [2.45, 2.75) is 45.4 Å². The van der Waals surface area contributed by atoms with E-state index in [0.717, 1.165) is 37.4 Å². The second kappa shape index (κ2) is 9.96. The van der Waals surface area contributed by atoms with Gasteiger partial charge in [-0.15, -0.1) is 11.3 Å². The molecule has 2 aromatic heterocycles. The van der Waals surface area contributed by atoms with Crippen molar-refractivity contribution in [3.8, 4) is 6.07 Å². The molecular weight excluding hydrogens is 304 g/mol. The number of nitrogens with zero attached hydrogens (tertiary/aromatic N) is 4. The minimum absolute atomic E-state index is 0.666. The molecule has 0 amide bonds. The summed E-state index contributed by atoms with van der Waals surface area (Å²) in [7, 11) is 0. The highest BCUT2D eigenvalue weighted by Gasteiger charge is 2.09. The van der Waals surface area contributed by atoms with E-state index in [1.165, 1.54) is 25.7 Å². The van der Waals surface area contributed by atoms with E-state index in [2.05, 4.69) is 33.2 Å². The number of nitriles is 1. The molecule has 2 heterocycles. The van der Waals surface area contributed by atoms with Gasteiger partial charge in [0.15, 0.2) is 0 Å². The maximum absolute atomic E-state index is 9.09. The fourth-order valence-corrected chi connectivity index (χ4v) is 3.11. The molecule has 2 aromatic rings. The third-order valence-electron chi connectivity index (χ3n) is 3.85. The summed E-state index contributed by atoms with van der Waals surface area (Å²) in [6.45, 7) is 4.10. The fourth-order valence-electron chi connectivity index (χ4n) is 2.52. The number of hydrogen-bond acceptors (Lipinski definition) is 5. The number of unbranched alkanes of at least 4 members (excludes halogenated alkanes) is 4. The summed E-state index contributed by atoms with van der Waals surface area (Å²) >= 11 is 1.63. The normalized spacial score (nSPS) is 10.4. The lowest BCUT2D eigenvalue weighted by molar-refractivity contribution is 0.614. The van der Waals surface area contributed by atoms with Gasteiger partial charge in [0.2, 0.25) is 0 Å². The fraction of sp³-hybridized carbons (Fsp3) is 0.500. The predicted octanol–water partition coefficient (Wildman–Crippen LogP) is 4.43. The van der Waals surface area contributed by atoms with Crippen molar-refractivity contribution in [3.05, 3.63) is 40.5 Å². The average molecular weight is 328 g/mol. The molecule has 0 radical (unpaired) electrons. The summed E-state index contributed by atoms with van der Waals surface area (Å²) in [5, 5.41) is 11.2. The van der Waals surface area contributed by atoms with E-state index in [1.54, 1.807) is 23.6 Å². The molecular formula is C18H24N4S. The summed E-state index contributed by atoms with van der Waals surface area (Å²) in [5.74, 6) is 0.898. The first kappa shape index (κ1) is 17.4. The first-order valence-electron chi connectivity index (χ1n) is 8.31. The van der Waals surface area contributed by atoms with Crippen molar-refractivity contribution in [2.24, 2.45) is 0 Å². The Kier molecular flexibility index (Phi) is 7.55. The van der Waals surface area contributed by atoms with Gasteiger partial charge in [-0.2, -0.15) is 5.26 Å². The van der Waals surface area contributed by atoms with Crippen LogP contribution >= 0.6 is 11.3 Å². The Labute approximate surface area is 142 Å². The Morgan fingerprint density at radius 1 is 1.17 bits per heavy atom. The smallest absolute Gasteiger partial charge is 0.129 e. The minimum atomic E-state index is 0.666. The third kappa shape index (κ3) is 5.99. The van der Waals surface area contributed by atoms with Gasteiger partial charge in [-0.05, 0) is 18.6 Å². The van der Waals surface area contributed by atoms with Crippen LogP contribution in [0.1, 0.15) is 50.3 Å². The first-order chi connectivity index (χ1) is 11.3. The molecule has 0 bridgehead atoms. The first-order valence-corrected chi connectivity index (χ1v) is 9.26. The topological polar surface area (TPSA) is 52.8 Å². The summed E-state index contributed by atoms with van der Waals surface area (Å²) in [6.07, 6.45) is 8.91. The molecule has 0 aliphatic heterocycles. The van der Waals surface area contributed by atoms with Crippen LogP contribution in [-0.2, 0) is 6.42 Å². The van der Waals surface area contributed by atoms with Gasteiger partial charge in [0.1, 0.15) is 5.82 Å². The van der Waals surface area contributed by atoms with Gasteiger partial charge in [-0.1, -0.05) is 32.6 Å². The van der Waals surface area contributed by atoms with Crippen LogP contribution in [0.25, 0.3) is 0 Å². The Bertz CT molecular complexity index is 604. The molecule has 0 spiro atoms. The average Bonchev–Trinajstić information content (AvgIpc) is 3.11. The molecule has 0 unspecified atom stereocenters. The summed E-state index contributed by atoms with van der Waals surface area (Å²) < 4.78 is 0. The van der Waals surface area contributed by atoms with E-state index in [-0.39, 0.29) is 0 Å². The molecule has 0 aromatic carbocycles. The van der Waals surface area contributed by atoms with Crippen molar-refractivity contribution < 1.29 is 0 Å². The van der Waals surface area contributed by atoms with Crippen LogP contribution in [0.4, 0.5) is 5.82 Å². The van der Waals surface area contributed by atoms with Crippen molar-refractivity contribution >= 4 is 17.2 Å². The Balaban J connectivity index is 1.96. The van der Waals surface area contributed by atoms with Crippen LogP contribution in [-0.4, -0.2) is 23.1 Å². The molecule has 5 heteroatoms. The van der Waals surface area contributed by atoms with Crippen LogP contribution in [0, 0.1) is 11.3 Å². The van der Waals surface area contributed by atoms with Gasteiger partial charge in [0.25, 0.3) is 0 Å². The summed E-state index contributed by atoms with van der Waals surface area (Å²) in [4.78, 5) is 11.1. The molecule has 122 valence electrons. The van der Waals surface area contributed by atoms with E-state index in [4.69, 9.17) is 5.26 Å². The van der Waals surface area contributed by atoms with Gasteiger partial charge >= 0.3 is 0 Å². The number of pyridine rings is 1. The molecule has 0 atom stereocenters. The van der Waals surface area contributed by atoms with Crippen LogP contribution in [0.15, 0.2) is 29.2 Å². The highest BCUT2D eigenvalue weighted by molar-refractivity contribution is 7.07. The predicted molar refractivity (Wildman–Crippen MR) is 95.7 cm³/mol. The number of rotatable bonds is 10. The molecule has 4 nitrogen and oxygen atoms in total. The van der Waals surface area contributed by atoms with Gasteiger partial charge < -0.3 is 4.90 Å². The van der Waals surface area contributed by atoms with Crippen LogP contribution in [0.5, 0.6) is 0 Å². The second-order valence-corrected chi connectivity index (χ2v) is 6.36. The molecule has 0 aliphatic rings. The van der Waals surface area contributed by atoms with Gasteiger partial charge in [0.05, 0.1) is 22.8 Å². The van der Waals surface area contributed by atoms with E-state index in [0.29, 0.717) is 5.56 Å². The molecule has 0 aliphatic carbocycles. The Hall–Kier alpha value is -1.93. The quantitative estimate of drug-likeness (QED) is 0.605. The molecule has 0 saturated carbocycles. The lowest BCUT2D eigenvalue weighted by Gasteiger charge is -2.23. The highest BCUT2D eigenvalue weighted by atomic mass is 32.1. The van der Waals surface area contributed by atoms with Gasteiger partial charge in [-0.3, -0.25) is 0 Å². The van der Waals surface area contributed by atoms with E-state index < -0.39 is 0 Å². The molecule has 0 fully saturated rings. The molecule has 0 N–H and O–H groups in total. The number of hydrogen-bond donors (Lipinski definition) is 0. The summed E-state index contributed by atoms with van der Waals surface area (Å²) in [5.41, 5.74) is 3.67. The van der Waals surface area contributed by atoms with Gasteiger partial charge in [-0.25, -0.2) is 9.97 Å².